The first-order chi connectivity index (χ1) is 7.22. The highest BCUT2D eigenvalue weighted by Crippen LogP contribution is 2.29. The molecule has 86 valence electrons. The number of hydrogen-bond donors (Lipinski definition) is 1. The zero-order valence-corrected chi connectivity index (χ0v) is 10.8. The summed E-state index contributed by atoms with van der Waals surface area (Å²) in [5.41, 5.74) is 0.910. The number of aryl methyl sites for hydroxylation is 1. The molecule has 1 aromatic rings. The van der Waals surface area contributed by atoms with E-state index in [9.17, 15) is 5.11 Å². The van der Waals surface area contributed by atoms with Gasteiger partial charge in [-0.2, -0.15) is 0 Å². The topological polar surface area (TPSA) is 20.2 Å². The molecule has 1 aromatic carbocycles. The molecule has 0 fully saturated rings. The first kappa shape index (κ1) is 12.8. The van der Waals surface area contributed by atoms with Crippen LogP contribution in [0.1, 0.15) is 38.8 Å². The number of benzene rings is 1. The number of rotatable bonds is 0. The van der Waals surface area contributed by atoms with Gasteiger partial charge in [0.25, 0.3) is 0 Å². The van der Waals surface area contributed by atoms with Crippen molar-refractivity contribution in [1.82, 2.24) is 0 Å². The van der Waals surface area contributed by atoms with Crippen molar-refractivity contribution < 1.29 is 5.11 Å². The molecule has 0 bridgehead atoms. The van der Waals surface area contributed by atoms with Crippen molar-refractivity contribution in [2.75, 3.05) is 0 Å². The van der Waals surface area contributed by atoms with Gasteiger partial charge in [0.15, 0.2) is 0 Å². The molecule has 0 aliphatic rings. The van der Waals surface area contributed by atoms with E-state index in [1.54, 1.807) is 6.92 Å². The normalized spacial score (nSPS) is 14.9. The Balaban J connectivity index is 2.99. The summed E-state index contributed by atoms with van der Waals surface area (Å²) in [6, 6.07) is 7.99. The van der Waals surface area contributed by atoms with Crippen molar-refractivity contribution >= 4 is 0 Å². The number of hydrogen-bond acceptors (Lipinski definition) is 1. The van der Waals surface area contributed by atoms with Crippen LogP contribution in [-0.4, -0.2) is 10.7 Å². The molecule has 0 saturated carbocycles. The summed E-state index contributed by atoms with van der Waals surface area (Å²) in [6.07, 6.45) is 0. The Morgan fingerprint density at radius 2 is 1.75 bits per heavy atom. The molecule has 0 aliphatic carbocycles. The molecule has 0 radical (unpaired) electrons. The third-order valence-corrected chi connectivity index (χ3v) is 2.93. The van der Waals surface area contributed by atoms with Crippen LogP contribution in [0.3, 0.4) is 0 Å². The largest absolute Gasteiger partial charge is 0.377 e. The predicted octanol–water partition coefficient (Wildman–Crippen LogP) is 3.14. The monoisotopic (exact) mass is 216 g/mol. The molecule has 0 aromatic heterocycles. The van der Waals surface area contributed by atoms with Crippen LogP contribution in [0, 0.1) is 24.2 Å². The van der Waals surface area contributed by atoms with E-state index in [-0.39, 0.29) is 5.41 Å². The van der Waals surface area contributed by atoms with Crippen molar-refractivity contribution in [2.24, 2.45) is 5.41 Å². The van der Waals surface area contributed by atoms with Gasteiger partial charge in [-0.05, 0) is 31.5 Å². The van der Waals surface area contributed by atoms with Crippen LogP contribution in [0.4, 0.5) is 0 Å². The molecule has 1 nitrogen and oxygen atoms in total. The smallest absolute Gasteiger partial charge is 0.127 e. The summed E-state index contributed by atoms with van der Waals surface area (Å²) >= 11 is 0. The lowest BCUT2D eigenvalue weighted by Crippen LogP contribution is -2.38. The fraction of sp³-hybridized carbons (Fsp3) is 0.467. The van der Waals surface area contributed by atoms with Gasteiger partial charge in [-0.3, -0.25) is 0 Å². The zero-order chi connectivity index (χ0) is 12.4. The maximum absolute atomic E-state index is 10.2. The van der Waals surface area contributed by atoms with Gasteiger partial charge in [0, 0.05) is 11.0 Å². The molecule has 0 spiro atoms. The maximum Gasteiger partial charge on any atom is 0.127 e. The maximum atomic E-state index is 10.2. The quantitative estimate of drug-likeness (QED) is 0.660. The lowest BCUT2D eigenvalue weighted by atomic mass is 9.78. The predicted molar refractivity (Wildman–Crippen MR) is 68.1 cm³/mol. The standard InChI is InChI=1S/C15H20O/c1-12-7-6-8-13(11-12)9-10-15(5,16)14(2,3)4/h6-8,11,16H,1-5H3. The van der Waals surface area contributed by atoms with Crippen LogP contribution >= 0.6 is 0 Å². The van der Waals surface area contributed by atoms with E-state index in [2.05, 4.69) is 11.8 Å². The van der Waals surface area contributed by atoms with Crippen LogP contribution in [-0.2, 0) is 0 Å². The second-order valence-corrected chi connectivity index (χ2v) is 5.44. The molecule has 0 heterocycles. The van der Waals surface area contributed by atoms with Crippen LogP contribution in [0.5, 0.6) is 0 Å². The highest BCUT2D eigenvalue weighted by molar-refractivity contribution is 5.38. The van der Waals surface area contributed by atoms with Crippen LogP contribution in [0.2, 0.25) is 0 Å². The van der Waals surface area contributed by atoms with Gasteiger partial charge in [0.2, 0.25) is 0 Å². The molecule has 1 rings (SSSR count). The molecule has 0 amide bonds. The molecule has 0 saturated heterocycles. The minimum Gasteiger partial charge on any atom is -0.377 e. The lowest BCUT2D eigenvalue weighted by Gasteiger charge is -2.32. The average Bonchev–Trinajstić information content (AvgIpc) is 2.13. The zero-order valence-electron chi connectivity index (χ0n) is 10.8. The first-order valence-corrected chi connectivity index (χ1v) is 5.54. The van der Waals surface area contributed by atoms with Gasteiger partial charge in [-0.1, -0.05) is 44.7 Å². The Labute approximate surface area is 98.5 Å². The van der Waals surface area contributed by atoms with Gasteiger partial charge < -0.3 is 5.11 Å². The number of aliphatic hydroxyl groups is 1. The van der Waals surface area contributed by atoms with Crippen LogP contribution < -0.4 is 0 Å². The van der Waals surface area contributed by atoms with Gasteiger partial charge in [-0.25, -0.2) is 0 Å². The fourth-order valence-electron chi connectivity index (χ4n) is 1.10. The van der Waals surface area contributed by atoms with Crippen LogP contribution in [0.15, 0.2) is 24.3 Å². The summed E-state index contributed by atoms with van der Waals surface area (Å²) < 4.78 is 0. The molecule has 0 aliphatic heterocycles. The van der Waals surface area contributed by atoms with E-state index in [0.29, 0.717) is 0 Å². The highest BCUT2D eigenvalue weighted by Gasteiger charge is 2.33. The lowest BCUT2D eigenvalue weighted by molar-refractivity contribution is 0.0129. The molecule has 1 unspecified atom stereocenters. The first-order valence-electron chi connectivity index (χ1n) is 5.54. The Morgan fingerprint density at radius 1 is 1.12 bits per heavy atom. The Kier molecular flexibility index (Phi) is 3.45. The Hall–Kier alpha value is -1.26. The Morgan fingerprint density at radius 3 is 2.25 bits per heavy atom. The SMILES string of the molecule is Cc1cccc(C#CC(C)(O)C(C)(C)C)c1. The Bertz CT molecular complexity index is 425. The van der Waals surface area contributed by atoms with Gasteiger partial charge in [0.1, 0.15) is 5.60 Å². The van der Waals surface area contributed by atoms with Crippen molar-refractivity contribution in [2.45, 2.75) is 40.2 Å². The van der Waals surface area contributed by atoms with E-state index in [0.717, 1.165) is 5.56 Å². The van der Waals surface area contributed by atoms with Crippen molar-refractivity contribution in [3.63, 3.8) is 0 Å². The molecule has 1 N–H and O–H groups in total. The molecule has 16 heavy (non-hydrogen) atoms. The third-order valence-electron chi connectivity index (χ3n) is 2.93. The van der Waals surface area contributed by atoms with Gasteiger partial charge in [0.05, 0.1) is 0 Å². The second-order valence-electron chi connectivity index (χ2n) is 5.44. The molecular weight excluding hydrogens is 196 g/mol. The summed E-state index contributed by atoms with van der Waals surface area (Å²) in [7, 11) is 0. The third kappa shape index (κ3) is 3.12. The van der Waals surface area contributed by atoms with E-state index >= 15 is 0 Å². The summed E-state index contributed by atoms with van der Waals surface area (Å²) in [6.45, 7) is 9.75. The van der Waals surface area contributed by atoms with Crippen LogP contribution in [0.25, 0.3) is 0 Å². The fourth-order valence-corrected chi connectivity index (χ4v) is 1.10. The minimum absolute atomic E-state index is 0.246. The minimum atomic E-state index is -0.975. The van der Waals surface area contributed by atoms with Crippen molar-refractivity contribution in [3.8, 4) is 11.8 Å². The van der Waals surface area contributed by atoms with Crippen molar-refractivity contribution in [1.29, 1.82) is 0 Å². The van der Waals surface area contributed by atoms with Gasteiger partial charge in [-0.15, -0.1) is 0 Å². The summed E-state index contributed by atoms with van der Waals surface area (Å²) in [5.74, 6) is 5.98. The molecular formula is C15H20O. The highest BCUT2D eigenvalue weighted by atomic mass is 16.3. The van der Waals surface area contributed by atoms with E-state index in [1.807, 2.05) is 52.0 Å². The molecule has 1 heteroatoms. The van der Waals surface area contributed by atoms with Gasteiger partial charge >= 0.3 is 0 Å². The van der Waals surface area contributed by atoms with Crippen molar-refractivity contribution in [3.05, 3.63) is 35.4 Å². The molecule has 1 atom stereocenters. The van der Waals surface area contributed by atoms with E-state index in [1.165, 1.54) is 5.56 Å². The second kappa shape index (κ2) is 4.31. The summed E-state index contributed by atoms with van der Waals surface area (Å²) in [4.78, 5) is 0. The summed E-state index contributed by atoms with van der Waals surface area (Å²) in [5, 5.41) is 10.2. The average molecular weight is 216 g/mol. The van der Waals surface area contributed by atoms with E-state index in [4.69, 9.17) is 0 Å². The van der Waals surface area contributed by atoms with E-state index < -0.39 is 5.60 Å².